The molecule has 1 aliphatic heterocycles. The third-order valence-electron chi connectivity index (χ3n) is 3.91. The predicted octanol–water partition coefficient (Wildman–Crippen LogP) is 2.20. The summed E-state index contributed by atoms with van der Waals surface area (Å²) in [4.78, 5) is 14.2. The fourth-order valence-electron chi connectivity index (χ4n) is 2.29. The van der Waals surface area contributed by atoms with Crippen molar-refractivity contribution in [2.75, 3.05) is 13.6 Å². The van der Waals surface area contributed by atoms with E-state index in [4.69, 9.17) is 0 Å². The van der Waals surface area contributed by atoms with Crippen molar-refractivity contribution in [3.05, 3.63) is 34.9 Å². The molecule has 0 aromatic heterocycles. The molecule has 0 bridgehead atoms. The van der Waals surface area contributed by atoms with Crippen molar-refractivity contribution in [3.63, 3.8) is 0 Å². The Labute approximate surface area is 109 Å². The van der Waals surface area contributed by atoms with Crippen LogP contribution in [0.5, 0.6) is 0 Å². The third kappa shape index (κ3) is 2.56. The van der Waals surface area contributed by atoms with E-state index >= 15 is 0 Å². The number of hydrogen-bond acceptors (Lipinski definition) is 2. The van der Waals surface area contributed by atoms with Crippen LogP contribution in [0.25, 0.3) is 0 Å². The SMILES string of the molecule is CCC(C)N(C)C(=O)c1ccc2c(c1)CNCC2. The molecular weight excluding hydrogens is 224 g/mol. The molecule has 1 aromatic carbocycles. The van der Waals surface area contributed by atoms with E-state index in [1.807, 2.05) is 24.1 Å². The standard InChI is InChI=1S/C15H22N2O/c1-4-11(2)17(3)15(18)13-6-5-12-7-8-16-10-14(12)9-13/h5-6,9,11,16H,4,7-8,10H2,1-3H3. The average molecular weight is 246 g/mol. The lowest BCUT2D eigenvalue weighted by atomic mass is 9.98. The quantitative estimate of drug-likeness (QED) is 0.887. The van der Waals surface area contributed by atoms with Crippen LogP contribution in [-0.4, -0.2) is 30.4 Å². The fourth-order valence-corrected chi connectivity index (χ4v) is 2.29. The van der Waals surface area contributed by atoms with Gasteiger partial charge >= 0.3 is 0 Å². The topological polar surface area (TPSA) is 32.3 Å². The number of amides is 1. The summed E-state index contributed by atoms with van der Waals surface area (Å²) in [5.41, 5.74) is 3.45. The van der Waals surface area contributed by atoms with Crippen LogP contribution in [0.4, 0.5) is 0 Å². The average Bonchev–Trinajstić information content (AvgIpc) is 2.44. The first-order valence-electron chi connectivity index (χ1n) is 6.73. The van der Waals surface area contributed by atoms with Gasteiger partial charge in [-0.25, -0.2) is 0 Å². The minimum absolute atomic E-state index is 0.123. The van der Waals surface area contributed by atoms with Gasteiger partial charge < -0.3 is 10.2 Å². The lowest BCUT2D eigenvalue weighted by molar-refractivity contribution is 0.0740. The molecule has 1 unspecified atom stereocenters. The molecule has 18 heavy (non-hydrogen) atoms. The van der Waals surface area contributed by atoms with Crippen LogP contribution in [0.3, 0.4) is 0 Å². The number of carbonyl (C=O) groups is 1. The van der Waals surface area contributed by atoms with Gasteiger partial charge in [0.1, 0.15) is 0 Å². The van der Waals surface area contributed by atoms with Crippen molar-refractivity contribution in [1.29, 1.82) is 0 Å². The van der Waals surface area contributed by atoms with Crippen molar-refractivity contribution in [1.82, 2.24) is 10.2 Å². The van der Waals surface area contributed by atoms with Gasteiger partial charge in [-0.1, -0.05) is 13.0 Å². The lowest BCUT2D eigenvalue weighted by Crippen LogP contribution is -2.34. The smallest absolute Gasteiger partial charge is 0.253 e. The Morgan fingerprint density at radius 2 is 2.22 bits per heavy atom. The van der Waals surface area contributed by atoms with E-state index in [-0.39, 0.29) is 11.9 Å². The highest BCUT2D eigenvalue weighted by Crippen LogP contribution is 2.17. The zero-order valence-corrected chi connectivity index (χ0v) is 11.5. The van der Waals surface area contributed by atoms with Crippen LogP contribution in [-0.2, 0) is 13.0 Å². The van der Waals surface area contributed by atoms with Crippen molar-refractivity contribution in [2.24, 2.45) is 0 Å². The van der Waals surface area contributed by atoms with Gasteiger partial charge in [-0.15, -0.1) is 0 Å². The maximum Gasteiger partial charge on any atom is 0.253 e. The Hall–Kier alpha value is -1.35. The number of rotatable bonds is 3. The molecule has 1 amide bonds. The summed E-state index contributed by atoms with van der Waals surface area (Å²) in [5.74, 6) is 0.123. The second-order valence-electron chi connectivity index (χ2n) is 5.08. The first kappa shape index (κ1) is 13.1. The van der Waals surface area contributed by atoms with Gasteiger partial charge in [0.15, 0.2) is 0 Å². The molecule has 0 aliphatic carbocycles. The molecular formula is C15H22N2O. The van der Waals surface area contributed by atoms with E-state index in [2.05, 4.69) is 25.2 Å². The number of carbonyl (C=O) groups excluding carboxylic acids is 1. The van der Waals surface area contributed by atoms with Gasteiger partial charge in [-0.3, -0.25) is 4.79 Å². The van der Waals surface area contributed by atoms with Crippen LogP contribution in [0.2, 0.25) is 0 Å². The Bertz CT molecular complexity index is 442. The minimum atomic E-state index is 0.123. The maximum absolute atomic E-state index is 12.3. The van der Waals surface area contributed by atoms with Crippen molar-refractivity contribution in [3.8, 4) is 0 Å². The third-order valence-corrected chi connectivity index (χ3v) is 3.91. The van der Waals surface area contributed by atoms with Gasteiger partial charge in [-0.05, 0) is 49.6 Å². The molecule has 0 spiro atoms. The molecule has 2 rings (SSSR count). The molecule has 3 heteroatoms. The fraction of sp³-hybridized carbons (Fsp3) is 0.533. The second kappa shape index (κ2) is 5.53. The number of nitrogens with zero attached hydrogens (tertiary/aromatic N) is 1. The Morgan fingerprint density at radius 3 is 2.94 bits per heavy atom. The number of nitrogens with one attached hydrogen (secondary N) is 1. The second-order valence-corrected chi connectivity index (χ2v) is 5.08. The molecule has 0 saturated carbocycles. The molecule has 98 valence electrons. The van der Waals surface area contributed by atoms with Crippen LogP contribution in [0, 0.1) is 0 Å². The first-order chi connectivity index (χ1) is 8.63. The summed E-state index contributed by atoms with van der Waals surface area (Å²) >= 11 is 0. The summed E-state index contributed by atoms with van der Waals surface area (Å²) in [6, 6.07) is 6.40. The monoisotopic (exact) mass is 246 g/mol. The van der Waals surface area contributed by atoms with E-state index in [9.17, 15) is 4.79 Å². The van der Waals surface area contributed by atoms with E-state index in [1.54, 1.807) is 0 Å². The van der Waals surface area contributed by atoms with Gasteiger partial charge in [0, 0.05) is 25.2 Å². The highest BCUT2D eigenvalue weighted by atomic mass is 16.2. The summed E-state index contributed by atoms with van der Waals surface area (Å²) in [6.45, 7) is 6.10. The molecule has 0 fully saturated rings. The van der Waals surface area contributed by atoms with Gasteiger partial charge in [0.2, 0.25) is 0 Å². The van der Waals surface area contributed by atoms with Crippen molar-refractivity contribution >= 4 is 5.91 Å². The Balaban J connectivity index is 2.20. The van der Waals surface area contributed by atoms with Gasteiger partial charge in [0.05, 0.1) is 0 Å². The number of hydrogen-bond donors (Lipinski definition) is 1. The first-order valence-corrected chi connectivity index (χ1v) is 6.73. The summed E-state index contributed by atoms with van der Waals surface area (Å²) in [5, 5.41) is 3.35. The van der Waals surface area contributed by atoms with Crippen molar-refractivity contribution < 1.29 is 4.79 Å². The van der Waals surface area contributed by atoms with E-state index in [0.717, 1.165) is 31.5 Å². The maximum atomic E-state index is 12.3. The largest absolute Gasteiger partial charge is 0.339 e. The van der Waals surface area contributed by atoms with Crippen LogP contribution in [0.1, 0.15) is 41.8 Å². The number of fused-ring (bicyclic) bond motifs is 1. The predicted molar refractivity (Wildman–Crippen MR) is 73.7 cm³/mol. The molecule has 3 nitrogen and oxygen atoms in total. The Kier molecular flexibility index (Phi) is 4.02. The molecule has 1 aliphatic rings. The highest BCUT2D eigenvalue weighted by molar-refractivity contribution is 5.94. The normalized spacial score (nSPS) is 15.9. The molecule has 1 N–H and O–H groups in total. The molecule has 1 aromatic rings. The van der Waals surface area contributed by atoms with E-state index in [1.165, 1.54) is 11.1 Å². The molecule has 0 radical (unpaired) electrons. The summed E-state index contributed by atoms with van der Waals surface area (Å²) in [6.07, 6.45) is 2.04. The van der Waals surface area contributed by atoms with Crippen molar-refractivity contribution in [2.45, 2.75) is 39.3 Å². The van der Waals surface area contributed by atoms with Gasteiger partial charge in [0.25, 0.3) is 5.91 Å². The van der Waals surface area contributed by atoms with E-state index < -0.39 is 0 Å². The lowest BCUT2D eigenvalue weighted by Gasteiger charge is -2.25. The molecule has 1 heterocycles. The zero-order chi connectivity index (χ0) is 13.1. The van der Waals surface area contributed by atoms with E-state index in [0.29, 0.717) is 0 Å². The van der Waals surface area contributed by atoms with Crippen LogP contribution >= 0.6 is 0 Å². The molecule has 1 atom stereocenters. The zero-order valence-electron chi connectivity index (χ0n) is 11.5. The number of benzene rings is 1. The Morgan fingerprint density at radius 1 is 1.44 bits per heavy atom. The van der Waals surface area contributed by atoms with Crippen LogP contribution in [0.15, 0.2) is 18.2 Å². The summed E-state index contributed by atoms with van der Waals surface area (Å²) in [7, 11) is 1.88. The van der Waals surface area contributed by atoms with Gasteiger partial charge in [-0.2, -0.15) is 0 Å². The van der Waals surface area contributed by atoms with Crippen LogP contribution < -0.4 is 5.32 Å². The highest BCUT2D eigenvalue weighted by Gasteiger charge is 2.18. The summed E-state index contributed by atoms with van der Waals surface area (Å²) < 4.78 is 0. The minimum Gasteiger partial charge on any atom is -0.339 e. The molecule has 0 saturated heterocycles.